The van der Waals surface area contributed by atoms with Gasteiger partial charge < -0.3 is 4.74 Å². The van der Waals surface area contributed by atoms with Crippen LogP contribution in [0.3, 0.4) is 0 Å². The number of ether oxygens (including phenoxy) is 1. The maximum Gasteiger partial charge on any atom is 0.0874 e. The van der Waals surface area contributed by atoms with Crippen molar-refractivity contribution in [3.63, 3.8) is 0 Å². The molecule has 0 spiro atoms. The summed E-state index contributed by atoms with van der Waals surface area (Å²) in [7, 11) is 0. The summed E-state index contributed by atoms with van der Waals surface area (Å²) in [6.07, 6.45) is 9.12. The van der Waals surface area contributed by atoms with Gasteiger partial charge in [-0.15, -0.1) is 0 Å². The molecular weight excluding hydrogens is 208 g/mol. The van der Waals surface area contributed by atoms with Crippen molar-refractivity contribution in [2.45, 2.75) is 65.4 Å². The van der Waals surface area contributed by atoms with E-state index in [4.69, 9.17) is 4.74 Å². The van der Waals surface area contributed by atoms with Gasteiger partial charge in [-0.3, -0.25) is 0 Å². The van der Waals surface area contributed by atoms with Crippen molar-refractivity contribution in [1.29, 1.82) is 0 Å². The van der Waals surface area contributed by atoms with Gasteiger partial charge >= 0.3 is 0 Å². The summed E-state index contributed by atoms with van der Waals surface area (Å²) in [5.74, 6) is 0.852. The highest BCUT2D eigenvalue weighted by atomic mass is 16.5. The topological polar surface area (TPSA) is 9.23 Å². The van der Waals surface area contributed by atoms with Crippen molar-refractivity contribution < 1.29 is 4.74 Å². The molecule has 0 aromatic heterocycles. The van der Waals surface area contributed by atoms with E-state index in [1.54, 1.807) is 5.57 Å². The molecule has 0 amide bonds. The predicted octanol–water partition coefficient (Wildman–Crippen LogP) is 4.33. The molecule has 17 heavy (non-hydrogen) atoms. The zero-order valence-electron chi connectivity index (χ0n) is 11.8. The Bertz CT molecular complexity index is 368. The molecule has 0 aromatic carbocycles. The highest BCUT2D eigenvalue weighted by Gasteiger charge is 2.56. The van der Waals surface area contributed by atoms with Crippen LogP contribution >= 0.6 is 0 Å². The van der Waals surface area contributed by atoms with Gasteiger partial charge in [0.15, 0.2) is 0 Å². The Labute approximate surface area is 106 Å². The summed E-state index contributed by atoms with van der Waals surface area (Å²) in [5, 5.41) is 0. The van der Waals surface area contributed by atoms with Crippen LogP contribution in [0.5, 0.6) is 0 Å². The van der Waals surface area contributed by atoms with Crippen molar-refractivity contribution in [1.82, 2.24) is 0 Å². The SMILES string of the molecule is CC1(C)CCC[C@@]2(C)C3=CCO[C@]3(C)CC[C@@H]12. The largest absolute Gasteiger partial charge is 0.367 e. The molecular formula is C16H26O. The maximum atomic E-state index is 6.03. The Morgan fingerprint density at radius 3 is 2.65 bits per heavy atom. The van der Waals surface area contributed by atoms with Crippen LogP contribution in [0.4, 0.5) is 0 Å². The summed E-state index contributed by atoms with van der Waals surface area (Å²) in [5.41, 5.74) is 2.62. The van der Waals surface area contributed by atoms with Crippen molar-refractivity contribution in [3.8, 4) is 0 Å². The fourth-order valence-electron chi connectivity index (χ4n) is 5.22. The van der Waals surface area contributed by atoms with Crippen molar-refractivity contribution in [2.24, 2.45) is 16.7 Å². The summed E-state index contributed by atoms with van der Waals surface area (Å²) in [6.45, 7) is 10.6. The molecule has 0 radical (unpaired) electrons. The zero-order valence-corrected chi connectivity index (χ0v) is 11.8. The van der Waals surface area contributed by atoms with Gasteiger partial charge in [-0.1, -0.05) is 33.3 Å². The minimum atomic E-state index is 0.0681. The summed E-state index contributed by atoms with van der Waals surface area (Å²) in [6, 6.07) is 0. The Balaban J connectivity index is 2.04. The molecule has 1 aliphatic heterocycles. The zero-order chi connectivity index (χ0) is 12.3. The first-order chi connectivity index (χ1) is 7.89. The lowest BCUT2D eigenvalue weighted by atomic mass is 9.48. The van der Waals surface area contributed by atoms with E-state index in [9.17, 15) is 0 Å². The molecule has 0 unspecified atom stereocenters. The smallest absolute Gasteiger partial charge is 0.0874 e. The molecule has 96 valence electrons. The predicted molar refractivity (Wildman–Crippen MR) is 70.9 cm³/mol. The van der Waals surface area contributed by atoms with E-state index in [1.807, 2.05) is 0 Å². The van der Waals surface area contributed by atoms with Crippen LogP contribution in [0, 0.1) is 16.7 Å². The maximum absolute atomic E-state index is 6.03. The molecule has 2 fully saturated rings. The molecule has 0 aromatic rings. The fourth-order valence-corrected chi connectivity index (χ4v) is 5.22. The van der Waals surface area contributed by atoms with Crippen molar-refractivity contribution in [3.05, 3.63) is 11.6 Å². The molecule has 0 N–H and O–H groups in total. The van der Waals surface area contributed by atoms with Crippen LogP contribution in [0.1, 0.15) is 59.8 Å². The van der Waals surface area contributed by atoms with Crippen LogP contribution < -0.4 is 0 Å². The monoisotopic (exact) mass is 234 g/mol. The van der Waals surface area contributed by atoms with Crippen LogP contribution in [-0.2, 0) is 4.74 Å². The first kappa shape index (κ1) is 11.8. The highest BCUT2D eigenvalue weighted by molar-refractivity contribution is 5.32. The lowest BCUT2D eigenvalue weighted by Crippen LogP contribution is -2.52. The third-order valence-electron chi connectivity index (χ3n) is 6.01. The minimum Gasteiger partial charge on any atom is -0.367 e. The standard InChI is InChI=1S/C16H26O/c1-14(2)8-5-9-15(3)12(14)6-10-16(4)13(15)7-11-17-16/h7,12H,5-6,8-11H2,1-4H3/t12-,15+,16+/m0/s1. The summed E-state index contributed by atoms with van der Waals surface area (Å²) < 4.78 is 6.03. The van der Waals surface area contributed by atoms with Gasteiger partial charge in [0.2, 0.25) is 0 Å². The quantitative estimate of drug-likeness (QED) is 0.567. The Morgan fingerprint density at radius 1 is 1.12 bits per heavy atom. The van der Waals surface area contributed by atoms with E-state index in [2.05, 4.69) is 33.8 Å². The first-order valence-electron chi connectivity index (χ1n) is 7.24. The molecule has 1 heteroatoms. The molecule has 0 saturated heterocycles. The fraction of sp³-hybridized carbons (Fsp3) is 0.875. The number of fused-ring (bicyclic) bond motifs is 3. The molecule has 3 aliphatic rings. The average molecular weight is 234 g/mol. The van der Waals surface area contributed by atoms with Gasteiger partial charge in [-0.25, -0.2) is 0 Å². The van der Waals surface area contributed by atoms with Gasteiger partial charge in [-0.05, 0) is 54.9 Å². The molecule has 0 bridgehead atoms. The lowest BCUT2D eigenvalue weighted by molar-refractivity contribution is -0.0709. The van der Waals surface area contributed by atoms with E-state index in [0.717, 1.165) is 12.5 Å². The Kier molecular flexibility index (Phi) is 2.34. The second kappa shape index (κ2) is 3.38. The van der Waals surface area contributed by atoms with Crippen LogP contribution in [0.25, 0.3) is 0 Å². The molecule has 3 rings (SSSR count). The molecule has 3 atom stereocenters. The summed E-state index contributed by atoms with van der Waals surface area (Å²) in [4.78, 5) is 0. The number of rotatable bonds is 0. The Hall–Kier alpha value is -0.300. The van der Waals surface area contributed by atoms with Crippen LogP contribution in [0.15, 0.2) is 11.6 Å². The van der Waals surface area contributed by atoms with E-state index in [0.29, 0.717) is 10.8 Å². The average Bonchev–Trinajstić information content (AvgIpc) is 2.60. The molecule has 2 saturated carbocycles. The number of hydrogen-bond donors (Lipinski definition) is 0. The van der Waals surface area contributed by atoms with Crippen molar-refractivity contribution >= 4 is 0 Å². The van der Waals surface area contributed by atoms with Crippen molar-refractivity contribution in [2.75, 3.05) is 6.61 Å². The second-order valence-corrected chi connectivity index (χ2v) is 7.51. The van der Waals surface area contributed by atoms with Gasteiger partial charge in [-0.2, -0.15) is 0 Å². The van der Waals surface area contributed by atoms with Crippen LogP contribution in [0.2, 0.25) is 0 Å². The van der Waals surface area contributed by atoms with E-state index < -0.39 is 0 Å². The third-order valence-corrected chi connectivity index (χ3v) is 6.01. The lowest BCUT2D eigenvalue weighted by Gasteiger charge is -2.58. The van der Waals surface area contributed by atoms with Gasteiger partial charge in [0.25, 0.3) is 0 Å². The van der Waals surface area contributed by atoms with E-state index >= 15 is 0 Å². The number of hydrogen-bond acceptors (Lipinski definition) is 1. The van der Waals surface area contributed by atoms with Crippen LogP contribution in [-0.4, -0.2) is 12.2 Å². The molecule has 1 heterocycles. The second-order valence-electron chi connectivity index (χ2n) is 7.51. The van der Waals surface area contributed by atoms with E-state index in [1.165, 1.54) is 32.1 Å². The Morgan fingerprint density at radius 2 is 1.88 bits per heavy atom. The van der Waals surface area contributed by atoms with E-state index in [-0.39, 0.29) is 5.60 Å². The highest BCUT2D eigenvalue weighted by Crippen LogP contribution is 2.63. The third kappa shape index (κ3) is 1.47. The molecule has 2 aliphatic carbocycles. The molecule has 1 nitrogen and oxygen atoms in total. The van der Waals surface area contributed by atoms with Gasteiger partial charge in [0, 0.05) is 0 Å². The van der Waals surface area contributed by atoms with Gasteiger partial charge in [0.1, 0.15) is 0 Å². The van der Waals surface area contributed by atoms with Gasteiger partial charge in [0.05, 0.1) is 12.2 Å². The minimum absolute atomic E-state index is 0.0681. The summed E-state index contributed by atoms with van der Waals surface area (Å²) >= 11 is 0. The normalized spacial score (nSPS) is 48.2. The first-order valence-corrected chi connectivity index (χ1v) is 7.24.